The van der Waals surface area contributed by atoms with Gasteiger partial charge in [0.1, 0.15) is 5.82 Å². The topological polar surface area (TPSA) is 80.2 Å². The van der Waals surface area contributed by atoms with Gasteiger partial charge in [0.2, 0.25) is 0 Å². The second-order valence-corrected chi connectivity index (χ2v) is 14.6. The number of urea groups is 1. The Morgan fingerprint density at radius 2 is 1.32 bits per heavy atom. The van der Waals surface area contributed by atoms with E-state index in [1.54, 1.807) is 4.68 Å². The molecule has 6 rings (SSSR count). The van der Waals surface area contributed by atoms with E-state index in [2.05, 4.69) is 54.7 Å². The average molecular weight is 681 g/mol. The molecule has 10 nitrogen and oxygen atoms in total. The molecule has 3 amide bonds. The van der Waals surface area contributed by atoms with Crippen LogP contribution in [0.2, 0.25) is 0 Å². The second kappa shape index (κ2) is 15.1. The second-order valence-electron chi connectivity index (χ2n) is 14.6. The SMILES string of the molecule is Cc1ccc(-n2nc(C(C)(C)C)cc2N(C(=O)NF)c2ccc(CN3CCN(C(=O)c4ccc(CN5CCN(C)CC5)cc4)CC3)cc2)cc1. The third-order valence-electron chi connectivity index (χ3n) is 9.71. The van der Waals surface area contributed by atoms with Gasteiger partial charge in [0.05, 0.1) is 17.1 Å². The van der Waals surface area contributed by atoms with Gasteiger partial charge in [-0.1, -0.05) is 67.2 Å². The Kier molecular flexibility index (Phi) is 10.7. The summed E-state index contributed by atoms with van der Waals surface area (Å²) in [6.07, 6.45) is 0. The minimum atomic E-state index is -0.906. The molecule has 0 aliphatic carbocycles. The number of carbonyl (C=O) groups excluding carboxylic acids is 2. The Morgan fingerprint density at radius 1 is 0.780 bits per heavy atom. The van der Waals surface area contributed by atoms with E-state index in [0.717, 1.165) is 73.9 Å². The summed E-state index contributed by atoms with van der Waals surface area (Å²) in [7, 11) is 2.16. The number of hydrogen-bond acceptors (Lipinski definition) is 6. The Bertz CT molecular complexity index is 1750. The van der Waals surface area contributed by atoms with Gasteiger partial charge >= 0.3 is 6.03 Å². The Balaban J connectivity index is 1.09. The van der Waals surface area contributed by atoms with Crippen LogP contribution >= 0.6 is 0 Å². The summed E-state index contributed by atoms with van der Waals surface area (Å²) in [5, 5.41) is 4.84. The fraction of sp³-hybridized carbons (Fsp3) is 0.410. The molecule has 50 heavy (non-hydrogen) atoms. The van der Waals surface area contributed by atoms with E-state index in [9.17, 15) is 14.1 Å². The lowest BCUT2D eigenvalue weighted by Gasteiger charge is -2.35. The first kappa shape index (κ1) is 35.3. The maximum atomic E-state index is 13.8. The van der Waals surface area contributed by atoms with E-state index >= 15 is 0 Å². The number of nitrogens with zero attached hydrogens (tertiary/aromatic N) is 7. The Hall–Kier alpha value is -4.58. The van der Waals surface area contributed by atoms with Crippen LogP contribution in [-0.2, 0) is 18.5 Å². The van der Waals surface area contributed by atoms with Crippen molar-refractivity contribution < 1.29 is 14.1 Å². The van der Waals surface area contributed by atoms with Crippen LogP contribution in [0.15, 0.2) is 78.9 Å². The molecule has 2 saturated heterocycles. The first-order valence-corrected chi connectivity index (χ1v) is 17.5. The van der Waals surface area contributed by atoms with Crippen molar-refractivity contribution in [1.82, 2.24) is 34.9 Å². The summed E-state index contributed by atoms with van der Waals surface area (Å²) in [4.78, 5) is 36.8. The number of amides is 3. The summed E-state index contributed by atoms with van der Waals surface area (Å²) < 4.78 is 15.5. The normalized spacial score (nSPS) is 16.4. The van der Waals surface area contributed by atoms with Crippen LogP contribution in [0.1, 0.15) is 53.5 Å². The zero-order valence-electron chi connectivity index (χ0n) is 29.9. The number of halogens is 1. The van der Waals surface area contributed by atoms with E-state index < -0.39 is 6.03 Å². The molecule has 1 N–H and O–H groups in total. The van der Waals surface area contributed by atoms with Crippen molar-refractivity contribution >= 4 is 23.4 Å². The summed E-state index contributed by atoms with van der Waals surface area (Å²) in [6, 6.07) is 24.5. The van der Waals surface area contributed by atoms with Gasteiger partial charge in [-0.15, -0.1) is 0 Å². The lowest BCUT2D eigenvalue weighted by molar-refractivity contribution is 0.0628. The third-order valence-corrected chi connectivity index (χ3v) is 9.71. The van der Waals surface area contributed by atoms with Gasteiger partial charge in [0.25, 0.3) is 5.91 Å². The number of aryl methyl sites for hydroxylation is 1. The first-order valence-electron chi connectivity index (χ1n) is 17.5. The van der Waals surface area contributed by atoms with Crippen LogP contribution in [0, 0.1) is 6.92 Å². The highest BCUT2D eigenvalue weighted by molar-refractivity contribution is 5.98. The predicted molar refractivity (Wildman–Crippen MR) is 196 cm³/mol. The summed E-state index contributed by atoms with van der Waals surface area (Å²) in [5.41, 5.74) is 7.22. The third kappa shape index (κ3) is 8.23. The highest BCUT2D eigenvalue weighted by Gasteiger charge is 2.28. The zero-order chi connectivity index (χ0) is 35.4. The van der Waals surface area contributed by atoms with Gasteiger partial charge in [0, 0.05) is 82.5 Å². The molecule has 2 aliphatic heterocycles. The number of likely N-dealkylation sites (N-methyl/N-ethyl adjacent to an activating group) is 1. The van der Waals surface area contributed by atoms with Gasteiger partial charge < -0.3 is 9.80 Å². The molecule has 2 fully saturated rings. The maximum absolute atomic E-state index is 13.8. The number of hydrogen-bond donors (Lipinski definition) is 1. The van der Waals surface area contributed by atoms with E-state index in [4.69, 9.17) is 5.10 Å². The minimum absolute atomic E-state index is 0.0749. The summed E-state index contributed by atoms with van der Waals surface area (Å²) in [5.74, 6) is 0.512. The smallest absolute Gasteiger partial charge is 0.336 e. The predicted octanol–water partition coefficient (Wildman–Crippen LogP) is 5.92. The molecule has 0 bridgehead atoms. The number of aromatic nitrogens is 2. The lowest BCUT2D eigenvalue weighted by Crippen LogP contribution is -2.48. The molecule has 4 aromatic rings. The zero-order valence-corrected chi connectivity index (χ0v) is 29.9. The number of anilines is 2. The fourth-order valence-corrected chi connectivity index (χ4v) is 6.49. The van der Waals surface area contributed by atoms with E-state index in [1.807, 2.05) is 78.6 Å². The molecule has 1 aromatic heterocycles. The van der Waals surface area contributed by atoms with Crippen LogP contribution in [0.25, 0.3) is 5.69 Å². The highest BCUT2D eigenvalue weighted by Crippen LogP contribution is 2.33. The summed E-state index contributed by atoms with van der Waals surface area (Å²) in [6.45, 7) is 16.9. The molecule has 0 unspecified atom stereocenters. The molecule has 0 atom stereocenters. The Labute approximate surface area is 295 Å². The van der Waals surface area contributed by atoms with Crippen LogP contribution in [0.5, 0.6) is 0 Å². The van der Waals surface area contributed by atoms with Crippen LogP contribution in [-0.4, -0.2) is 101 Å². The van der Waals surface area contributed by atoms with Gasteiger partial charge in [-0.25, -0.2) is 14.4 Å². The van der Waals surface area contributed by atoms with Gasteiger partial charge in [-0.2, -0.15) is 10.6 Å². The number of benzene rings is 3. The first-order chi connectivity index (χ1) is 24.0. The lowest BCUT2D eigenvalue weighted by atomic mass is 9.92. The monoisotopic (exact) mass is 680 g/mol. The molecular formula is C39H49FN8O2. The van der Waals surface area contributed by atoms with Crippen LogP contribution < -0.4 is 10.4 Å². The number of piperazine rings is 2. The Morgan fingerprint density at radius 3 is 1.86 bits per heavy atom. The molecule has 3 aromatic carbocycles. The summed E-state index contributed by atoms with van der Waals surface area (Å²) >= 11 is 0. The maximum Gasteiger partial charge on any atom is 0.355 e. The highest BCUT2D eigenvalue weighted by atomic mass is 19.2. The van der Waals surface area contributed by atoms with E-state index in [-0.39, 0.29) is 11.3 Å². The van der Waals surface area contributed by atoms with Crippen molar-refractivity contribution in [2.75, 3.05) is 64.3 Å². The molecule has 264 valence electrons. The van der Waals surface area contributed by atoms with E-state index in [1.165, 1.54) is 16.0 Å². The van der Waals surface area contributed by atoms with Crippen molar-refractivity contribution in [3.63, 3.8) is 0 Å². The van der Waals surface area contributed by atoms with Crippen LogP contribution in [0.3, 0.4) is 0 Å². The largest absolute Gasteiger partial charge is 0.355 e. The van der Waals surface area contributed by atoms with Crippen LogP contribution in [0.4, 0.5) is 20.8 Å². The number of nitrogens with one attached hydrogen (secondary N) is 1. The van der Waals surface area contributed by atoms with E-state index in [0.29, 0.717) is 31.1 Å². The molecule has 0 spiro atoms. The van der Waals surface area contributed by atoms with Crippen molar-refractivity contribution in [3.05, 3.63) is 107 Å². The van der Waals surface area contributed by atoms with Crippen molar-refractivity contribution in [2.45, 2.75) is 46.2 Å². The minimum Gasteiger partial charge on any atom is -0.336 e. The molecule has 0 radical (unpaired) electrons. The number of rotatable bonds is 8. The molecule has 0 saturated carbocycles. The van der Waals surface area contributed by atoms with Crippen molar-refractivity contribution in [1.29, 1.82) is 0 Å². The quantitative estimate of drug-likeness (QED) is 0.233. The molecule has 11 heteroatoms. The average Bonchev–Trinajstić information content (AvgIpc) is 3.56. The van der Waals surface area contributed by atoms with Gasteiger partial charge in [-0.05, 0) is 61.5 Å². The standard InChI is InChI=1S/C39H49FN8O2/c1-29-6-14-34(15-7-29)48-36(26-35(42-48)39(2,3)4)47(38(50)41-40)33-16-10-31(11-17-33)28-45-22-24-46(25-23-45)37(49)32-12-8-30(9-13-32)27-44-20-18-43(5)19-21-44/h6-17,26H,18-25,27-28H2,1-5H3,(H,41,50). The van der Waals surface area contributed by atoms with Crippen molar-refractivity contribution in [2.24, 2.45) is 0 Å². The fourth-order valence-electron chi connectivity index (χ4n) is 6.49. The van der Waals surface area contributed by atoms with Crippen molar-refractivity contribution in [3.8, 4) is 5.69 Å². The van der Waals surface area contributed by atoms with Gasteiger partial charge in [0.15, 0.2) is 0 Å². The molecule has 2 aliphatic rings. The molecule has 3 heterocycles. The van der Waals surface area contributed by atoms with Gasteiger partial charge in [-0.3, -0.25) is 14.6 Å². The molecular weight excluding hydrogens is 631 g/mol. The number of carbonyl (C=O) groups is 2.